The topological polar surface area (TPSA) is 32.7 Å². The van der Waals surface area contributed by atoms with Crippen LogP contribution in [-0.2, 0) is 0 Å². The lowest BCUT2D eigenvalue weighted by Crippen LogP contribution is -2.53. The van der Waals surface area contributed by atoms with Gasteiger partial charge in [-0.15, -0.1) is 0 Å². The van der Waals surface area contributed by atoms with Crippen molar-refractivity contribution in [2.24, 2.45) is 5.92 Å². The highest BCUT2D eigenvalue weighted by Gasteiger charge is 2.43. The summed E-state index contributed by atoms with van der Waals surface area (Å²) in [6.45, 7) is 2.24. The van der Waals surface area contributed by atoms with E-state index in [9.17, 15) is 5.11 Å². The number of benzene rings is 3. The molecule has 3 nitrogen and oxygen atoms in total. The average molecular weight is 426 g/mol. The number of hydrogen-bond acceptors (Lipinski definition) is 3. The van der Waals surface area contributed by atoms with Crippen LogP contribution in [0.2, 0.25) is 0 Å². The molecule has 3 aliphatic heterocycles. The molecule has 0 radical (unpaired) electrons. The van der Waals surface area contributed by atoms with Crippen molar-refractivity contribution in [3.05, 3.63) is 113 Å². The number of methoxy groups -OCH3 is 1. The zero-order chi connectivity index (χ0) is 21.9. The number of piperidine rings is 3. The van der Waals surface area contributed by atoms with Crippen molar-refractivity contribution >= 4 is 0 Å². The molecular weight excluding hydrogens is 394 g/mol. The normalized spacial score (nSPS) is 24.6. The molecule has 6 rings (SSSR count). The molecule has 3 heterocycles. The summed E-state index contributed by atoms with van der Waals surface area (Å²) in [6.07, 6.45) is 3.77. The van der Waals surface area contributed by atoms with Gasteiger partial charge in [-0.1, -0.05) is 90.5 Å². The maximum absolute atomic E-state index is 11.3. The highest BCUT2D eigenvalue weighted by molar-refractivity contribution is 5.42. The van der Waals surface area contributed by atoms with Gasteiger partial charge in [0.15, 0.2) is 0 Å². The third-order valence-electron chi connectivity index (χ3n) is 7.18. The van der Waals surface area contributed by atoms with Crippen molar-refractivity contribution in [1.82, 2.24) is 4.90 Å². The van der Waals surface area contributed by atoms with Crippen LogP contribution in [0.5, 0.6) is 5.75 Å². The molecule has 0 amide bonds. The molecule has 164 valence electrons. The van der Waals surface area contributed by atoms with Crippen molar-refractivity contribution in [2.75, 3.05) is 20.2 Å². The van der Waals surface area contributed by atoms with Crippen LogP contribution >= 0.6 is 0 Å². The number of hydrogen-bond donors (Lipinski definition) is 1. The van der Waals surface area contributed by atoms with E-state index in [1.165, 1.54) is 16.7 Å². The molecule has 0 aromatic heterocycles. The molecule has 3 aromatic carbocycles. The van der Waals surface area contributed by atoms with Gasteiger partial charge in [0.1, 0.15) is 11.9 Å². The van der Waals surface area contributed by atoms with Gasteiger partial charge < -0.3 is 9.84 Å². The van der Waals surface area contributed by atoms with E-state index in [-0.39, 0.29) is 12.0 Å². The lowest BCUT2D eigenvalue weighted by molar-refractivity contribution is 0.0907. The van der Waals surface area contributed by atoms with Gasteiger partial charge in [0.2, 0.25) is 0 Å². The lowest BCUT2D eigenvalue weighted by Gasteiger charge is -2.51. The molecule has 2 unspecified atom stereocenters. The van der Waals surface area contributed by atoms with Crippen molar-refractivity contribution in [3.63, 3.8) is 0 Å². The van der Waals surface area contributed by atoms with Gasteiger partial charge in [-0.05, 0) is 49.0 Å². The van der Waals surface area contributed by atoms with Crippen LogP contribution in [-0.4, -0.2) is 36.2 Å². The first-order valence-electron chi connectivity index (χ1n) is 11.6. The van der Waals surface area contributed by atoms with E-state index in [2.05, 4.69) is 71.6 Å². The van der Waals surface area contributed by atoms with Gasteiger partial charge in [0.05, 0.1) is 7.11 Å². The largest absolute Gasteiger partial charge is 0.496 e. The standard InChI is InChI=1S/C29H31NO2/c1-32-27-15-9-8-14-24(27)26(31)20-25-21-16-18-30(19-17-21)29(25)28(22-10-4-2-5-11-22)23-12-6-3-7-13-23/h2-15,20-21,26,28-29,31H,16-19H2,1H3/b25-20+. The van der Waals surface area contributed by atoms with Gasteiger partial charge >= 0.3 is 0 Å². The van der Waals surface area contributed by atoms with Gasteiger partial charge in [-0.3, -0.25) is 4.90 Å². The SMILES string of the molecule is COc1ccccc1C(O)/C=C1\C2CCN(CC2)C1C(c1ccccc1)c1ccccc1. The second-order valence-electron chi connectivity index (χ2n) is 8.91. The Hall–Kier alpha value is -2.88. The molecule has 3 fully saturated rings. The predicted octanol–water partition coefficient (Wildman–Crippen LogP) is 5.58. The second-order valence-corrected chi connectivity index (χ2v) is 8.91. The molecule has 3 saturated heterocycles. The molecule has 3 heteroatoms. The Labute approximate surface area is 191 Å². The number of rotatable bonds is 6. The Bertz CT molecular complexity index is 1020. The van der Waals surface area contributed by atoms with Gasteiger partial charge in [0.25, 0.3) is 0 Å². The third-order valence-corrected chi connectivity index (χ3v) is 7.18. The number of aliphatic hydroxyl groups excluding tert-OH is 1. The van der Waals surface area contributed by atoms with Crippen molar-refractivity contribution in [1.29, 1.82) is 0 Å². The Balaban J connectivity index is 1.60. The van der Waals surface area contributed by atoms with E-state index in [1.807, 2.05) is 24.3 Å². The summed E-state index contributed by atoms with van der Waals surface area (Å²) >= 11 is 0. The number of aliphatic hydroxyl groups is 1. The van der Waals surface area contributed by atoms with Crippen molar-refractivity contribution in [2.45, 2.75) is 30.9 Å². The Morgan fingerprint density at radius 2 is 1.41 bits per heavy atom. The van der Waals surface area contributed by atoms with Gasteiger partial charge in [0, 0.05) is 17.5 Å². The molecule has 32 heavy (non-hydrogen) atoms. The van der Waals surface area contributed by atoms with Crippen LogP contribution in [0.15, 0.2) is 96.6 Å². The molecule has 2 bridgehead atoms. The minimum atomic E-state index is -0.684. The average Bonchev–Trinajstić information content (AvgIpc) is 2.87. The van der Waals surface area contributed by atoms with E-state index >= 15 is 0 Å². The van der Waals surface area contributed by atoms with E-state index in [4.69, 9.17) is 4.74 Å². The summed E-state index contributed by atoms with van der Waals surface area (Å²) in [4.78, 5) is 2.63. The summed E-state index contributed by atoms with van der Waals surface area (Å²) < 4.78 is 5.53. The summed E-state index contributed by atoms with van der Waals surface area (Å²) in [5.74, 6) is 1.48. The van der Waals surface area contributed by atoms with Crippen LogP contribution in [0.4, 0.5) is 0 Å². The summed E-state index contributed by atoms with van der Waals surface area (Å²) in [7, 11) is 1.66. The number of nitrogens with zero attached hydrogens (tertiary/aromatic N) is 1. The fraction of sp³-hybridized carbons (Fsp3) is 0.310. The van der Waals surface area contributed by atoms with Gasteiger partial charge in [-0.2, -0.15) is 0 Å². The van der Waals surface area contributed by atoms with Crippen LogP contribution in [0.3, 0.4) is 0 Å². The number of para-hydroxylation sites is 1. The van der Waals surface area contributed by atoms with Crippen LogP contribution in [0.1, 0.15) is 41.6 Å². The van der Waals surface area contributed by atoms with Crippen LogP contribution in [0, 0.1) is 5.92 Å². The summed E-state index contributed by atoms with van der Waals surface area (Å²) in [5, 5.41) is 11.3. The van der Waals surface area contributed by atoms with Crippen molar-refractivity contribution < 1.29 is 9.84 Å². The maximum atomic E-state index is 11.3. The lowest BCUT2D eigenvalue weighted by atomic mass is 9.70. The minimum absolute atomic E-state index is 0.233. The number of fused-ring (bicyclic) bond motifs is 3. The summed E-state index contributed by atoms with van der Waals surface area (Å²) in [5.41, 5.74) is 4.86. The highest BCUT2D eigenvalue weighted by Crippen LogP contribution is 2.46. The molecule has 2 atom stereocenters. The smallest absolute Gasteiger partial charge is 0.124 e. The summed E-state index contributed by atoms with van der Waals surface area (Å²) in [6, 6.07) is 29.7. The van der Waals surface area contributed by atoms with Gasteiger partial charge in [-0.25, -0.2) is 0 Å². The first-order chi connectivity index (χ1) is 15.8. The van der Waals surface area contributed by atoms with E-state index in [0.717, 1.165) is 37.2 Å². The van der Waals surface area contributed by atoms with E-state index < -0.39 is 6.10 Å². The molecule has 3 aromatic rings. The minimum Gasteiger partial charge on any atom is -0.496 e. The maximum Gasteiger partial charge on any atom is 0.124 e. The Morgan fingerprint density at radius 3 is 2.00 bits per heavy atom. The molecule has 3 aliphatic rings. The zero-order valence-electron chi connectivity index (χ0n) is 18.6. The molecular formula is C29H31NO2. The first kappa shape index (κ1) is 21.0. The Morgan fingerprint density at radius 1 is 0.844 bits per heavy atom. The molecule has 1 N–H and O–H groups in total. The molecule has 0 aliphatic carbocycles. The monoisotopic (exact) mass is 425 g/mol. The predicted molar refractivity (Wildman–Crippen MR) is 129 cm³/mol. The highest BCUT2D eigenvalue weighted by atomic mass is 16.5. The van der Waals surface area contributed by atoms with Crippen LogP contribution < -0.4 is 4.74 Å². The first-order valence-corrected chi connectivity index (χ1v) is 11.6. The van der Waals surface area contributed by atoms with Crippen molar-refractivity contribution in [3.8, 4) is 5.75 Å². The third kappa shape index (κ3) is 3.99. The zero-order valence-corrected chi connectivity index (χ0v) is 18.6. The van der Waals surface area contributed by atoms with E-state index in [1.54, 1.807) is 7.11 Å². The Kier molecular flexibility index (Phi) is 6.11. The second kappa shape index (κ2) is 9.32. The van der Waals surface area contributed by atoms with Crippen LogP contribution in [0.25, 0.3) is 0 Å². The molecule has 0 saturated carbocycles. The fourth-order valence-electron chi connectivity index (χ4n) is 5.66. The number of ether oxygens (including phenoxy) is 1. The quantitative estimate of drug-likeness (QED) is 0.523. The van der Waals surface area contributed by atoms with E-state index in [0.29, 0.717) is 5.92 Å². The molecule has 0 spiro atoms. The fourth-order valence-corrected chi connectivity index (χ4v) is 5.66.